The van der Waals surface area contributed by atoms with E-state index in [4.69, 9.17) is 23.2 Å². The van der Waals surface area contributed by atoms with Gasteiger partial charge in [0.05, 0.1) is 15.7 Å². The van der Waals surface area contributed by atoms with Crippen molar-refractivity contribution in [1.82, 2.24) is 9.97 Å². The highest BCUT2D eigenvalue weighted by Gasteiger charge is 2.07. The predicted molar refractivity (Wildman–Crippen MR) is 88.8 cm³/mol. The fourth-order valence-electron chi connectivity index (χ4n) is 2.16. The molecular formula is C16H13Cl2N3. The molecule has 0 unspecified atom stereocenters. The number of hydrogen-bond donors (Lipinski definition) is 1. The summed E-state index contributed by atoms with van der Waals surface area (Å²) in [6.07, 6.45) is 0. The third-order valence-corrected chi connectivity index (χ3v) is 3.88. The van der Waals surface area contributed by atoms with Crippen LogP contribution in [0.5, 0.6) is 0 Å². The van der Waals surface area contributed by atoms with Gasteiger partial charge in [0, 0.05) is 22.5 Å². The van der Waals surface area contributed by atoms with Crippen LogP contribution >= 0.6 is 23.2 Å². The van der Waals surface area contributed by atoms with Gasteiger partial charge < -0.3 is 5.32 Å². The van der Waals surface area contributed by atoms with Gasteiger partial charge in [-0.05, 0) is 50.2 Å². The lowest BCUT2D eigenvalue weighted by Crippen LogP contribution is -1.97. The Morgan fingerprint density at radius 3 is 2.38 bits per heavy atom. The SMILES string of the molecule is Cc1ccc2c(Nc3ccc(Cl)c(Cl)c3)cc(C)nc2n1. The zero-order chi connectivity index (χ0) is 15.0. The Morgan fingerprint density at radius 2 is 1.62 bits per heavy atom. The molecule has 0 fully saturated rings. The van der Waals surface area contributed by atoms with Crippen LogP contribution in [0.15, 0.2) is 36.4 Å². The lowest BCUT2D eigenvalue weighted by atomic mass is 10.2. The number of pyridine rings is 2. The smallest absolute Gasteiger partial charge is 0.161 e. The van der Waals surface area contributed by atoms with Gasteiger partial charge in [0.25, 0.3) is 0 Å². The molecule has 0 radical (unpaired) electrons. The molecule has 0 atom stereocenters. The molecule has 1 aromatic carbocycles. The second-order valence-electron chi connectivity index (χ2n) is 4.89. The van der Waals surface area contributed by atoms with Crippen LogP contribution in [0.25, 0.3) is 11.0 Å². The van der Waals surface area contributed by atoms with Gasteiger partial charge in [0.15, 0.2) is 5.65 Å². The zero-order valence-corrected chi connectivity index (χ0v) is 13.1. The topological polar surface area (TPSA) is 37.8 Å². The average molecular weight is 318 g/mol. The van der Waals surface area contributed by atoms with Crippen molar-refractivity contribution >= 4 is 45.6 Å². The van der Waals surface area contributed by atoms with E-state index in [0.717, 1.165) is 33.8 Å². The summed E-state index contributed by atoms with van der Waals surface area (Å²) in [4.78, 5) is 8.94. The van der Waals surface area contributed by atoms with Crippen LogP contribution < -0.4 is 5.32 Å². The number of nitrogens with one attached hydrogen (secondary N) is 1. The second kappa shape index (κ2) is 5.51. The highest BCUT2D eigenvalue weighted by Crippen LogP contribution is 2.29. The number of nitrogens with zero attached hydrogens (tertiary/aromatic N) is 2. The van der Waals surface area contributed by atoms with Crippen molar-refractivity contribution in [2.45, 2.75) is 13.8 Å². The molecule has 0 saturated heterocycles. The van der Waals surface area contributed by atoms with Crippen LogP contribution in [0.4, 0.5) is 11.4 Å². The molecule has 3 aromatic rings. The minimum atomic E-state index is 0.519. The van der Waals surface area contributed by atoms with E-state index in [9.17, 15) is 0 Å². The Balaban J connectivity index is 2.09. The number of hydrogen-bond acceptors (Lipinski definition) is 3. The summed E-state index contributed by atoms with van der Waals surface area (Å²) in [7, 11) is 0. The summed E-state index contributed by atoms with van der Waals surface area (Å²) >= 11 is 12.0. The molecule has 0 aliphatic rings. The Kier molecular flexibility index (Phi) is 3.70. The minimum Gasteiger partial charge on any atom is -0.355 e. The first-order valence-electron chi connectivity index (χ1n) is 6.50. The molecule has 2 heterocycles. The molecule has 0 bridgehead atoms. The summed E-state index contributed by atoms with van der Waals surface area (Å²) in [6.45, 7) is 3.90. The maximum Gasteiger partial charge on any atom is 0.161 e. The van der Waals surface area contributed by atoms with E-state index in [0.29, 0.717) is 10.0 Å². The Morgan fingerprint density at radius 1 is 0.857 bits per heavy atom. The van der Waals surface area contributed by atoms with Gasteiger partial charge in [-0.1, -0.05) is 23.2 Å². The van der Waals surface area contributed by atoms with Gasteiger partial charge in [-0.25, -0.2) is 9.97 Å². The maximum absolute atomic E-state index is 6.05. The van der Waals surface area contributed by atoms with Crippen molar-refractivity contribution in [3.05, 3.63) is 57.8 Å². The number of rotatable bonds is 2. The van der Waals surface area contributed by atoms with Gasteiger partial charge in [-0.2, -0.15) is 0 Å². The number of fused-ring (bicyclic) bond motifs is 1. The van der Waals surface area contributed by atoms with Crippen molar-refractivity contribution in [2.75, 3.05) is 5.32 Å². The van der Waals surface area contributed by atoms with Crippen molar-refractivity contribution in [2.24, 2.45) is 0 Å². The highest BCUT2D eigenvalue weighted by atomic mass is 35.5. The molecule has 0 saturated carbocycles. The number of anilines is 2. The van der Waals surface area contributed by atoms with Crippen LogP contribution in [-0.4, -0.2) is 9.97 Å². The maximum atomic E-state index is 6.05. The van der Waals surface area contributed by atoms with E-state index >= 15 is 0 Å². The summed E-state index contributed by atoms with van der Waals surface area (Å²) in [6, 6.07) is 11.4. The molecule has 2 aromatic heterocycles. The van der Waals surface area contributed by atoms with E-state index in [1.54, 1.807) is 12.1 Å². The first kappa shape index (κ1) is 14.1. The summed E-state index contributed by atoms with van der Waals surface area (Å²) < 4.78 is 0. The van der Waals surface area contributed by atoms with Gasteiger partial charge in [-0.15, -0.1) is 0 Å². The molecular weight excluding hydrogens is 305 g/mol. The molecule has 0 aliphatic heterocycles. The molecule has 0 spiro atoms. The normalized spacial score (nSPS) is 10.9. The molecule has 1 N–H and O–H groups in total. The first-order valence-corrected chi connectivity index (χ1v) is 7.25. The third kappa shape index (κ3) is 2.94. The predicted octanol–water partition coefficient (Wildman–Crippen LogP) is 5.30. The van der Waals surface area contributed by atoms with Crippen molar-refractivity contribution in [3.63, 3.8) is 0 Å². The molecule has 0 aliphatic carbocycles. The number of benzene rings is 1. The molecule has 5 heteroatoms. The van der Waals surface area contributed by atoms with Crippen molar-refractivity contribution < 1.29 is 0 Å². The van der Waals surface area contributed by atoms with Gasteiger partial charge >= 0.3 is 0 Å². The second-order valence-corrected chi connectivity index (χ2v) is 5.70. The fourth-order valence-corrected chi connectivity index (χ4v) is 2.46. The Labute approximate surface area is 132 Å². The van der Waals surface area contributed by atoms with Crippen LogP contribution in [0.3, 0.4) is 0 Å². The minimum absolute atomic E-state index is 0.519. The number of aryl methyl sites for hydroxylation is 2. The quantitative estimate of drug-likeness (QED) is 0.697. The van der Waals surface area contributed by atoms with Crippen molar-refractivity contribution in [1.29, 1.82) is 0 Å². The summed E-state index contributed by atoms with van der Waals surface area (Å²) in [5.74, 6) is 0. The summed E-state index contributed by atoms with van der Waals surface area (Å²) in [5.41, 5.74) is 4.40. The van der Waals surface area contributed by atoms with Gasteiger partial charge in [0.1, 0.15) is 0 Å². The van der Waals surface area contributed by atoms with Crippen LogP contribution in [0.2, 0.25) is 10.0 Å². The molecule has 3 nitrogen and oxygen atoms in total. The van der Waals surface area contributed by atoms with Crippen LogP contribution in [0.1, 0.15) is 11.4 Å². The average Bonchev–Trinajstić information content (AvgIpc) is 2.42. The fraction of sp³-hybridized carbons (Fsp3) is 0.125. The van der Waals surface area contributed by atoms with E-state index in [-0.39, 0.29) is 0 Å². The largest absolute Gasteiger partial charge is 0.355 e. The lowest BCUT2D eigenvalue weighted by Gasteiger charge is -2.11. The van der Waals surface area contributed by atoms with E-state index in [1.807, 2.05) is 38.1 Å². The molecule has 0 amide bonds. The van der Waals surface area contributed by atoms with Crippen LogP contribution in [-0.2, 0) is 0 Å². The molecule has 3 rings (SSSR count). The molecule has 106 valence electrons. The third-order valence-electron chi connectivity index (χ3n) is 3.14. The number of aromatic nitrogens is 2. The van der Waals surface area contributed by atoms with Crippen LogP contribution in [0, 0.1) is 13.8 Å². The lowest BCUT2D eigenvalue weighted by molar-refractivity contribution is 1.16. The zero-order valence-electron chi connectivity index (χ0n) is 11.6. The van der Waals surface area contributed by atoms with E-state index in [1.165, 1.54) is 0 Å². The molecule has 21 heavy (non-hydrogen) atoms. The van der Waals surface area contributed by atoms with Crippen molar-refractivity contribution in [3.8, 4) is 0 Å². The highest BCUT2D eigenvalue weighted by molar-refractivity contribution is 6.42. The monoisotopic (exact) mass is 317 g/mol. The van der Waals surface area contributed by atoms with Gasteiger partial charge in [-0.3, -0.25) is 0 Å². The summed E-state index contributed by atoms with van der Waals surface area (Å²) in [5, 5.41) is 5.38. The number of halogens is 2. The van der Waals surface area contributed by atoms with E-state index in [2.05, 4.69) is 15.3 Å². The standard InChI is InChI=1S/C16H13Cl2N3/c1-9-3-5-12-15(7-10(2)20-16(12)19-9)21-11-4-6-13(17)14(18)8-11/h3-8H,1-2H3,(H,19,20,21). The Bertz CT molecular complexity index is 826. The first-order chi connectivity index (χ1) is 10.0. The van der Waals surface area contributed by atoms with E-state index < -0.39 is 0 Å². The van der Waals surface area contributed by atoms with Gasteiger partial charge in [0.2, 0.25) is 0 Å². The Hall–Kier alpha value is -1.84.